The molecule has 0 bridgehead atoms. The zero-order chi connectivity index (χ0) is 17.3. The average molecular weight is 366 g/mol. The number of nitrogens with zero attached hydrogens (tertiary/aromatic N) is 1. The summed E-state index contributed by atoms with van der Waals surface area (Å²) in [4.78, 5) is 1.00. The number of thiophene rings is 1. The summed E-state index contributed by atoms with van der Waals surface area (Å²) in [6.07, 6.45) is -0.212. The molecule has 0 amide bonds. The van der Waals surface area contributed by atoms with Crippen LogP contribution in [0.15, 0.2) is 40.6 Å². The fraction of sp³-hybridized carbons (Fsp3) is 0.444. The van der Waals surface area contributed by atoms with Gasteiger partial charge in [-0.1, -0.05) is 38.1 Å². The van der Waals surface area contributed by atoms with Gasteiger partial charge in [0, 0.05) is 18.0 Å². The van der Waals surface area contributed by atoms with Gasteiger partial charge in [-0.25, -0.2) is 8.42 Å². The third kappa shape index (κ3) is 3.57. The number of hydrogen-bond donors (Lipinski definition) is 0. The van der Waals surface area contributed by atoms with Gasteiger partial charge in [0.15, 0.2) is 0 Å². The maximum Gasteiger partial charge on any atom is 0.252 e. The minimum atomic E-state index is -3.43. The van der Waals surface area contributed by atoms with Crippen LogP contribution in [0.3, 0.4) is 0 Å². The van der Waals surface area contributed by atoms with E-state index in [1.54, 1.807) is 10.4 Å². The molecule has 1 unspecified atom stereocenters. The van der Waals surface area contributed by atoms with Crippen LogP contribution in [0.1, 0.15) is 41.9 Å². The molecule has 1 fully saturated rings. The maximum atomic E-state index is 12.8. The van der Waals surface area contributed by atoms with Crippen LogP contribution in [0.5, 0.6) is 0 Å². The van der Waals surface area contributed by atoms with Crippen molar-refractivity contribution in [3.8, 4) is 0 Å². The van der Waals surface area contributed by atoms with Crippen LogP contribution < -0.4 is 0 Å². The first kappa shape index (κ1) is 17.6. The summed E-state index contributed by atoms with van der Waals surface area (Å²) in [6, 6.07) is 11.8. The van der Waals surface area contributed by atoms with E-state index in [9.17, 15) is 8.42 Å². The Morgan fingerprint density at radius 1 is 1.17 bits per heavy atom. The molecule has 1 atom stereocenters. The van der Waals surface area contributed by atoms with E-state index in [2.05, 4.69) is 26.0 Å². The van der Waals surface area contributed by atoms with Gasteiger partial charge in [0.05, 0.1) is 12.7 Å². The summed E-state index contributed by atoms with van der Waals surface area (Å²) < 4.78 is 33.4. The lowest BCUT2D eigenvalue weighted by Crippen LogP contribution is -2.41. The van der Waals surface area contributed by atoms with Gasteiger partial charge in [-0.2, -0.15) is 4.31 Å². The number of rotatable bonds is 4. The minimum absolute atomic E-state index is 0.212. The van der Waals surface area contributed by atoms with Crippen molar-refractivity contribution >= 4 is 21.4 Å². The van der Waals surface area contributed by atoms with E-state index in [4.69, 9.17) is 4.74 Å². The Morgan fingerprint density at radius 3 is 2.46 bits per heavy atom. The van der Waals surface area contributed by atoms with Gasteiger partial charge in [0.25, 0.3) is 10.0 Å². The smallest absolute Gasteiger partial charge is 0.252 e. The first-order valence-electron chi connectivity index (χ1n) is 8.16. The molecule has 0 N–H and O–H groups in total. The Labute approximate surface area is 148 Å². The molecule has 4 nitrogen and oxygen atoms in total. The lowest BCUT2D eigenvalue weighted by atomic mass is 10.00. The molecule has 0 spiro atoms. The fourth-order valence-electron chi connectivity index (χ4n) is 2.82. The highest BCUT2D eigenvalue weighted by atomic mass is 32.2. The molecule has 1 aromatic carbocycles. The van der Waals surface area contributed by atoms with Gasteiger partial charge in [-0.05, 0) is 36.1 Å². The third-order valence-corrected chi connectivity index (χ3v) is 7.65. The number of ether oxygens (including phenoxy) is 1. The van der Waals surface area contributed by atoms with Crippen LogP contribution in [-0.4, -0.2) is 32.4 Å². The lowest BCUT2D eigenvalue weighted by Gasteiger charge is -2.32. The second-order valence-corrected chi connectivity index (χ2v) is 9.86. The van der Waals surface area contributed by atoms with E-state index >= 15 is 0 Å². The number of aryl methyl sites for hydroxylation is 1. The van der Waals surface area contributed by atoms with Crippen molar-refractivity contribution in [2.45, 2.75) is 37.0 Å². The average Bonchev–Trinajstić information content (AvgIpc) is 3.02. The Kier molecular flexibility index (Phi) is 5.11. The Balaban J connectivity index is 1.79. The van der Waals surface area contributed by atoms with E-state index in [1.165, 1.54) is 16.9 Å². The normalized spacial score (nSPS) is 19.8. The molecule has 6 heteroatoms. The molecule has 3 rings (SSSR count). The minimum Gasteiger partial charge on any atom is -0.371 e. The molecule has 1 aliphatic heterocycles. The summed E-state index contributed by atoms with van der Waals surface area (Å²) in [6.45, 7) is 7.41. The zero-order valence-electron chi connectivity index (χ0n) is 14.2. The molecule has 1 aliphatic rings. The first-order chi connectivity index (χ1) is 11.4. The van der Waals surface area contributed by atoms with Crippen molar-refractivity contribution in [2.24, 2.45) is 0 Å². The molecule has 0 saturated carbocycles. The Bertz CT molecular complexity index is 794. The van der Waals surface area contributed by atoms with Crippen molar-refractivity contribution in [3.05, 3.63) is 52.4 Å². The first-order valence-corrected chi connectivity index (χ1v) is 10.4. The number of hydrogen-bond acceptors (Lipinski definition) is 4. The molecule has 0 radical (unpaired) electrons. The van der Waals surface area contributed by atoms with Crippen molar-refractivity contribution in [1.29, 1.82) is 0 Å². The summed E-state index contributed by atoms with van der Waals surface area (Å²) in [5, 5.41) is 0. The molecule has 24 heavy (non-hydrogen) atoms. The second-order valence-electron chi connectivity index (χ2n) is 6.41. The highest BCUT2D eigenvalue weighted by molar-refractivity contribution is 7.91. The summed E-state index contributed by atoms with van der Waals surface area (Å²) >= 11 is 1.32. The van der Waals surface area contributed by atoms with Crippen LogP contribution in [0, 0.1) is 6.92 Å². The van der Waals surface area contributed by atoms with Crippen LogP contribution in [-0.2, 0) is 14.8 Å². The molecular formula is C18H23NO3S2. The topological polar surface area (TPSA) is 46.6 Å². The molecule has 0 aliphatic carbocycles. The Morgan fingerprint density at radius 2 is 1.88 bits per heavy atom. The van der Waals surface area contributed by atoms with Crippen LogP contribution in [0.25, 0.3) is 0 Å². The SMILES string of the molecule is Cc1ccc(S(=O)(=O)N2CCOC(c3ccc(C(C)C)cc3)C2)s1. The van der Waals surface area contributed by atoms with E-state index < -0.39 is 10.0 Å². The van der Waals surface area contributed by atoms with Gasteiger partial charge in [-0.3, -0.25) is 0 Å². The second kappa shape index (κ2) is 6.96. The monoisotopic (exact) mass is 365 g/mol. The summed E-state index contributed by atoms with van der Waals surface area (Å²) in [5.41, 5.74) is 2.30. The molecular weight excluding hydrogens is 342 g/mol. The predicted octanol–water partition coefficient (Wildman–Crippen LogP) is 3.94. The maximum absolute atomic E-state index is 12.8. The molecule has 2 heterocycles. The van der Waals surface area contributed by atoms with Crippen molar-refractivity contribution in [2.75, 3.05) is 19.7 Å². The van der Waals surface area contributed by atoms with Gasteiger partial charge < -0.3 is 4.74 Å². The number of sulfonamides is 1. The van der Waals surface area contributed by atoms with Gasteiger partial charge in [0.2, 0.25) is 0 Å². The van der Waals surface area contributed by atoms with Gasteiger partial charge in [0.1, 0.15) is 4.21 Å². The van der Waals surface area contributed by atoms with Crippen LogP contribution >= 0.6 is 11.3 Å². The quantitative estimate of drug-likeness (QED) is 0.824. The molecule has 130 valence electrons. The standard InChI is InChI=1S/C18H23NO3S2/c1-13(2)15-5-7-16(8-6-15)17-12-19(10-11-22-17)24(20,21)18-9-4-14(3)23-18/h4-9,13,17H,10-12H2,1-3H3. The third-order valence-electron chi connectivity index (χ3n) is 4.31. The van der Waals surface area contributed by atoms with Crippen molar-refractivity contribution in [1.82, 2.24) is 4.31 Å². The van der Waals surface area contributed by atoms with Crippen LogP contribution in [0.2, 0.25) is 0 Å². The molecule has 2 aromatic rings. The zero-order valence-corrected chi connectivity index (χ0v) is 15.9. The lowest BCUT2D eigenvalue weighted by molar-refractivity contribution is -0.00250. The predicted molar refractivity (Wildman–Crippen MR) is 97.0 cm³/mol. The van der Waals surface area contributed by atoms with Crippen molar-refractivity contribution in [3.63, 3.8) is 0 Å². The Hall–Kier alpha value is -1.21. The van der Waals surface area contributed by atoms with E-state index in [0.29, 0.717) is 29.8 Å². The highest BCUT2D eigenvalue weighted by Gasteiger charge is 2.32. The summed E-state index contributed by atoms with van der Waals surface area (Å²) in [7, 11) is -3.43. The molecule has 1 saturated heterocycles. The summed E-state index contributed by atoms with van der Waals surface area (Å²) in [5.74, 6) is 0.477. The van der Waals surface area contributed by atoms with Crippen molar-refractivity contribution < 1.29 is 13.2 Å². The van der Waals surface area contributed by atoms with E-state index in [-0.39, 0.29) is 6.10 Å². The number of benzene rings is 1. The highest BCUT2D eigenvalue weighted by Crippen LogP contribution is 2.30. The van der Waals surface area contributed by atoms with Gasteiger partial charge in [-0.15, -0.1) is 11.3 Å². The van der Waals surface area contributed by atoms with Crippen LogP contribution in [0.4, 0.5) is 0 Å². The molecule has 1 aromatic heterocycles. The number of morpholine rings is 1. The van der Waals surface area contributed by atoms with Gasteiger partial charge >= 0.3 is 0 Å². The largest absolute Gasteiger partial charge is 0.371 e. The van der Waals surface area contributed by atoms with E-state index in [1.807, 2.05) is 25.1 Å². The fourth-order valence-corrected chi connectivity index (χ4v) is 5.68. The van der Waals surface area contributed by atoms with E-state index in [0.717, 1.165) is 10.4 Å².